The van der Waals surface area contributed by atoms with E-state index in [2.05, 4.69) is 20.7 Å². The first-order valence-corrected chi connectivity index (χ1v) is 2.75. The third-order valence-electron chi connectivity index (χ3n) is 0.303. The van der Waals surface area contributed by atoms with Crippen molar-refractivity contribution in [1.82, 2.24) is 0 Å². The van der Waals surface area contributed by atoms with Gasteiger partial charge in [0, 0.05) is 0 Å². The number of aliphatic carboxylic acids is 1. The van der Waals surface area contributed by atoms with Crippen molar-refractivity contribution in [2.24, 2.45) is 0 Å². The number of rotatable bonds is 3. The zero-order chi connectivity index (χ0) is 5.70. The summed E-state index contributed by atoms with van der Waals surface area (Å²) in [6.45, 7) is -0.231. The quantitative estimate of drug-likeness (QED) is 0.623. The summed E-state index contributed by atoms with van der Waals surface area (Å²) in [7, 11) is 0. The third-order valence-corrected chi connectivity index (χ3v) is 0.626. The molecule has 3 nitrogen and oxygen atoms in total. The number of hydrogen-bond acceptors (Lipinski definition) is 2. The van der Waals surface area contributed by atoms with Gasteiger partial charge in [-0.15, -0.1) is 0 Å². The smallest absolute Gasteiger partial charge is 0.329 e. The van der Waals surface area contributed by atoms with E-state index in [1.54, 1.807) is 0 Å². The number of ether oxygens (including phenoxy) is 1. The molecule has 0 aromatic rings. The molecule has 0 saturated carbocycles. The second-order valence-corrected chi connectivity index (χ2v) is 1.31. The van der Waals surface area contributed by atoms with Gasteiger partial charge in [-0.05, 0) is 0 Å². The molecule has 0 aliphatic rings. The van der Waals surface area contributed by atoms with Gasteiger partial charge >= 0.3 is 5.97 Å². The molecule has 42 valence electrons. The minimum Gasteiger partial charge on any atom is -0.480 e. The number of halogens is 1. The maximum absolute atomic E-state index is 9.61. The fraction of sp³-hybridized carbons (Fsp3) is 0.667. The fourth-order valence-corrected chi connectivity index (χ4v) is 0.288. The lowest BCUT2D eigenvalue weighted by atomic mass is 10.8. The Kier molecular flexibility index (Phi) is 4.03. The van der Waals surface area contributed by atoms with Gasteiger partial charge < -0.3 is 9.84 Å². The van der Waals surface area contributed by atoms with Crippen molar-refractivity contribution in [3.8, 4) is 0 Å². The lowest BCUT2D eigenvalue weighted by Gasteiger charge is -1.89. The Bertz CT molecular complexity index is 63.2. The summed E-state index contributed by atoms with van der Waals surface area (Å²) in [5.74, 6) is -0.945. The molecule has 1 N–H and O–H groups in total. The van der Waals surface area contributed by atoms with E-state index in [9.17, 15) is 4.79 Å². The molecule has 0 amide bonds. The highest BCUT2D eigenvalue weighted by Crippen LogP contribution is 1.80. The molecule has 0 atom stereocenters. The largest absolute Gasteiger partial charge is 0.480 e. The lowest BCUT2D eigenvalue weighted by Crippen LogP contribution is -2.04. The summed E-state index contributed by atoms with van der Waals surface area (Å²) in [4.78, 5) is 9.61. The summed E-state index contributed by atoms with van der Waals surface area (Å²) < 4.78 is 4.41. The third kappa shape index (κ3) is 5.91. The van der Waals surface area contributed by atoms with Crippen LogP contribution in [0.25, 0.3) is 0 Å². The van der Waals surface area contributed by atoms with Gasteiger partial charge in [-0.25, -0.2) is 4.79 Å². The molecule has 4 heteroatoms. The number of carbonyl (C=O) groups is 1. The molecule has 7 heavy (non-hydrogen) atoms. The molecule has 0 spiro atoms. The van der Waals surface area contributed by atoms with Gasteiger partial charge in [-0.3, -0.25) is 0 Å². The van der Waals surface area contributed by atoms with Gasteiger partial charge in [0.2, 0.25) is 0 Å². The predicted octanol–water partition coefficient (Wildman–Crippen LogP) is 0.440. The van der Waals surface area contributed by atoms with Crippen LogP contribution in [0.2, 0.25) is 0 Å². The average Bonchev–Trinajstić information content (AvgIpc) is 1.61. The summed E-state index contributed by atoms with van der Waals surface area (Å²) in [5, 5.41) is 7.90. The Balaban J connectivity index is 2.82. The molecule has 0 radical (unpaired) electrons. The molecule has 0 aromatic carbocycles. The van der Waals surface area contributed by atoms with Crippen LogP contribution in [-0.2, 0) is 9.53 Å². The Morgan fingerprint density at radius 2 is 2.43 bits per heavy atom. The summed E-state index contributed by atoms with van der Waals surface area (Å²) >= 11 is 2.89. The van der Waals surface area contributed by atoms with Crippen LogP contribution in [0.4, 0.5) is 0 Å². The van der Waals surface area contributed by atoms with Crippen molar-refractivity contribution in [1.29, 1.82) is 0 Å². The first-order valence-electron chi connectivity index (χ1n) is 1.63. The molecule has 0 rings (SSSR count). The number of hydrogen-bond donors (Lipinski definition) is 1. The Hall–Kier alpha value is -0.0900. The van der Waals surface area contributed by atoms with E-state index in [1.807, 2.05) is 0 Å². The van der Waals surface area contributed by atoms with E-state index in [0.717, 1.165) is 0 Å². The van der Waals surface area contributed by atoms with Crippen molar-refractivity contribution in [2.75, 3.05) is 12.1 Å². The molecule has 0 bridgehead atoms. The molecule has 0 unspecified atom stereocenters. The molecule has 0 fully saturated rings. The maximum Gasteiger partial charge on any atom is 0.329 e. The molecular formula is C3H5BrO3. The highest BCUT2D eigenvalue weighted by molar-refractivity contribution is 9.09. The minimum absolute atomic E-state index is 0.231. The Morgan fingerprint density at radius 1 is 1.86 bits per heavy atom. The highest BCUT2D eigenvalue weighted by Gasteiger charge is 1.91. The molecule has 0 saturated heterocycles. The Labute approximate surface area is 49.4 Å². The topological polar surface area (TPSA) is 46.5 Å². The van der Waals surface area contributed by atoms with Gasteiger partial charge in [0.05, 0.1) is 0 Å². The second kappa shape index (κ2) is 4.08. The van der Waals surface area contributed by atoms with Gasteiger partial charge in [0.15, 0.2) is 0 Å². The normalized spacial score (nSPS) is 8.71. The van der Waals surface area contributed by atoms with Crippen LogP contribution in [0.3, 0.4) is 0 Å². The van der Waals surface area contributed by atoms with Crippen LogP contribution >= 0.6 is 15.9 Å². The van der Waals surface area contributed by atoms with E-state index in [0.29, 0.717) is 0 Å². The van der Waals surface area contributed by atoms with Crippen LogP contribution in [0.15, 0.2) is 0 Å². The Morgan fingerprint density at radius 3 is 2.57 bits per heavy atom. The number of carboxylic acids is 1. The van der Waals surface area contributed by atoms with Crippen molar-refractivity contribution in [2.45, 2.75) is 0 Å². The minimum atomic E-state index is -0.945. The molecule has 0 aliphatic carbocycles. The van der Waals surface area contributed by atoms with Gasteiger partial charge in [0.1, 0.15) is 12.1 Å². The number of alkyl halides is 1. The van der Waals surface area contributed by atoms with E-state index in [4.69, 9.17) is 5.11 Å². The van der Waals surface area contributed by atoms with Crippen LogP contribution in [0.5, 0.6) is 0 Å². The van der Waals surface area contributed by atoms with Crippen molar-refractivity contribution >= 4 is 21.9 Å². The highest BCUT2D eigenvalue weighted by atomic mass is 79.9. The molecule has 0 aliphatic heterocycles. The van der Waals surface area contributed by atoms with Gasteiger partial charge in [0.25, 0.3) is 0 Å². The molecule has 0 heterocycles. The second-order valence-electron chi connectivity index (χ2n) is 0.851. The SMILES string of the molecule is O=C(O)COCBr. The van der Waals surface area contributed by atoms with Crippen LogP contribution < -0.4 is 0 Å². The summed E-state index contributed by atoms with van der Waals surface area (Å²) in [6, 6.07) is 0. The first-order chi connectivity index (χ1) is 3.27. The van der Waals surface area contributed by atoms with Gasteiger partial charge in [-0.1, -0.05) is 15.9 Å². The van der Waals surface area contributed by atoms with Crippen LogP contribution in [0.1, 0.15) is 0 Å². The van der Waals surface area contributed by atoms with Gasteiger partial charge in [-0.2, -0.15) is 0 Å². The van der Waals surface area contributed by atoms with E-state index >= 15 is 0 Å². The van der Waals surface area contributed by atoms with E-state index in [-0.39, 0.29) is 12.1 Å². The van der Waals surface area contributed by atoms with Crippen LogP contribution in [-0.4, -0.2) is 23.2 Å². The lowest BCUT2D eigenvalue weighted by molar-refractivity contribution is -0.141. The van der Waals surface area contributed by atoms with Crippen molar-refractivity contribution in [3.63, 3.8) is 0 Å². The first kappa shape index (κ1) is 6.91. The van der Waals surface area contributed by atoms with Crippen LogP contribution in [0, 0.1) is 0 Å². The maximum atomic E-state index is 9.61. The standard InChI is InChI=1S/C3H5BrO3/c4-2-7-1-3(5)6/h1-2H2,(H,5,6). The summed E-state index contributed by atoms with van der Waals surface area (Å²) in [5.41, 5.74) is 0.277. The van der Waals surface area contributed by atoms with Crippen molar-refractivity contribution < 1.29 is 14.6 Å². The summed E-state index contributed by atoms with van der Waals surface area (Å²) in [6.07, 6.45) is 0. The fourth-order valence-electron chi connectivity index (χ4n) is 0.126. The molecular weight excluding hydrogens is 164 g/mol. The van der Waals surface area contributed by atoms with E-state index in [1.165, 1.54) is 0 Å². The van der Waals surface area contributed by atoms with E-state index < -0.39 is 5.97 Å². The predicted molar refractivity (Wildman–Crippen MR) is 27.4 cm³/mol. The zero-order valence-electron chi connectivity index (χ0n) is 3.56. The monoisotopic (exact) mass is 168 g/mol. The zero-order valence-corrected chi connectivity index (χ0v) is 5.14. The average molecular weight is 169 g/mol. The number of carboxylic acid groups (broad SMARTS) is 1. The van der Waals surface area contributed by atoms with Crippen molar-refractivity contribution in [3.05, 3.63) is 0 Å². The molecule has 0 aromatic heterocycles.